The monoisotopic (exact) mass is 231 g/mol. The number of nitrogens with zero attached hydrogens (tertiary/aromatic N) is 4. The fourth-order valence-corrected chi connectivity index (χ4v) is 1.45. The van der Waals surface area contributed by atoms with Gasteiger partial charge in [-0.15, -0.1) is 0 Å². The first-order valence-corrected chi connectivity index (χ1v) is 5.12. The molecule has 7 nitrogen and oxygen atoms in total. The van der Waals surface area contributed by atoms with Gasteiger partial charge in [-0.05, 0) is 12.1 Å². The first kappa shape index (κ1) is 9.76. The molecule has 0 aliphatic rings. The van der Waals surface area contributed by atoms with E-state index < -0.39 is 0 Å². The number of hydrogen-bond acceptors (Lipinski definition) is 6. The smallest absolute Gasteiger partial charge is 0.239 e. The van der Waals surface area contributed by atoms with Crippen molar-refractivity contribution >= 4 is 0 Å². The summed E-state index contributed by atoms with van der Waals surface area (Å²) in [7, 11) is 0. The summed E-state index contributed by atoms with van der Waals surface area (Å²) in [5.41, 5.74) is 0. The van der Waals surface area contributed by atoms with Crippen LogP contribution in [0.15, 0.2) is 33.7 Å². The molecule has 0 fully saturated rings. The molecule has 0 amide bonds. The molecule has 3 heterocycles. The molecule has 7 heteroatoms. The predicted octanol–water partition coefficient (Wildman–Crippen LogP) is 1.23. The molecule has 0 aliphatic heterocycles. The van der Waals surface area contributed by atoms with Crippen molar-refractivity contribution in [3.05, 3.63) is 36.4 Å². The number of rotatable bonds is 4. The predicted molar refractivity (Wildman–Crippen MR) is 55.8 cm³/mol. The number of aromatic nitrogens is 5. The molecule has 0 spiro atoms. The van der Waals surface area contributed by atoms with Gasteiger partial charge in [0.1, 0.15) is 12.1 Å². The molecule has 0 aromatic carbocycles. The van der Waals surface area contributed by atoms with Gasteiger partial charge >= 0.3 is 0 Å². The maximum absolute atomic E-state index is 5.22. The number of nitrogens with one attached hydrogen (secondary N) is 1. The lowest BCUT2D eigenvalue weighted by molar-refractivity contribution is 0.374. The molecular weight excluding hydrogens is 222 g/mol. The minimum atomic E-state index is 0.414. The zero-order valence-corrected chi connectivity index (χ0v) is 8.83. The van der Waals surface area contributed by atoms with Gasteiger partial charge in [-0.2, -0.15) is 10.1 Å². The third-order valence-corrected chi connectivity index (χ3v) is 2.26. The van der Waals surface area contributed by atoms with E-state index >= 15 is 0 Å². The summed E-state index contributed by atoms with van der Waals surface area (Å²) in [5, 5.41) is 10.2. The van der Waals surface area contributed by atoms with Crippen LogP contribution in [-0.2, 0) is 12.8 Å². The van der Waals surface area contributed by atoms with Crippen LogP contribution in [0.3, 0.4) is 0 Å². The standard InChI is InChI=1S/C10H9N5O2/c1-2-7(16-5-1)3-4-8-13-10(15-17-8)9-11-6-12-14-9/h1-2,5-6H,3-4H2,(H,11,12,14). The van der Waals surface area contributed by atoms with E-state index in [0.717, 1.165) is 12.2 Å². The summed E-state index contributed by atoms with van der Waals surface area (Å²) in [5.74, 6) is 2.35. The van der Waals surface area contributed by atoms with Gasteiger partial charge in [0.05, 0.1) is 6.26 Å². The van der Waals surface area contributed by atoms with Crippen molar-refractivity contribution in [2.45, 2.75) is 12.8 Å². The Hall–Kier alpha value is -2.44. The highest BCUT2D eigenvalue weighted by atomic mass is 16.5. The van der Waals surface area contributed by atoms with Gasteiger partial charge in [0.25, 0.3) is 0 Å². The van der Waals surface area contributed by atoms with Crippen LogP contribution in [0.2, 0.25) is 0 Å². The van der Waals surface area contributed by atoms with Crippen molar-refractivity contribution in [3.8, 4) is 11.6 Å². The van der Waals surface area contributed by atoms with E-state index in [1.165, 1.54) is 6.33 Å². The number of furan rings is 1. The molecule has 86 valence electrons. The quantitative estimate of drug-likeness (QED) is 0.725. The average molecular weight is 231 g/mol. The summed E-state index contributed by atoms with van der Waals surface area (Å²) in [6.07, 6.45) is 4.40. The Morgan fingerprint density at radius 2 is 2.29 bits per heavy atom. The Morgan fingerprint density at radius 3 is 3.06 bits per heavy atom. The first-order valence-electron chi connectivity index (χ1n) is 5.12. The summed E-state index contributed by atoms with van der Waals surface area (Å²) < 4.78 is 10.3. The Labute approximate surface area is 95.9 Å². The summed E-state index contributed by atoms with van der Waals surface area (Å²) in [6.45, 7) is 0. The van der Waals surface area contributed by atoms with Crippen LogP contribution >= 0.6 is 0 Å². The molecule has 3 rings (SSSR count). The average Bonchev–Trinajstić information content (AvgIpc) is 3.09. The molecule has 0 atom stereocenters. The Balaban J connectivity index is 1.69. The van der Waals surface area contributed by atoms with Crippen LogP contribution in [0.25, 0.3) is 11.6 Å². The first-order chi connectivity index (χ1) is 8.42. The van der Waals surface area contributed by atoms with Gasteiger partial charge in [0.15, 0.2) is 5.82 Å². The second-order valence-electron chi connectivity index (χ2n) is 3.43. The zero-order chi connectivity index (χ0) is 11.5. The van der Waals surface area contributed by atoms with E-state index in [-0.39, 0.29) is 0 Å². The van der Waals surface area contributed by atoms with E-state index in [9.17, 15) is 0 Å². The van der Waals surface area contributed by atoms with E-state index in [4.69, 9.17) is 8.94 Å². The van der Waals surface area contributed by atoms with Gasteiger partial charge in [-0.1, -0.05) is 5.16 Å². The van der Waals surface area contributed by atoms with Gasteiger partial charge < -0.3 is 8.94 Å². The summed E-state index contributed by atoms with van der Waals surface area (Å²) in [4.78, 5) is 8.14. The molecule has 0 bridgehead atoms. The van der Waals surface area contributed by atoms with Crippen LogP contribution in [-0.4, -0.2) is 25.3 Å². The third kappa shape index (κ3) is 2.07. The molecule has 0 unspecified atom stereocenters. The molecule has 0 radical (unpaired) electrons. The second kappa shape index (κ2) is 4.20. The second-order valence-corrected chi connectivity index (χ2v) is 3.43. The fourth-order valence-electron chi connectivity index (χ4n) is 1.45. The topological polar surface area (TPSA) is 93.6 Å². The third-order valence-electron chi connectivity index (χ3n) is 2.26. The largest absolute Gasteiger partial charge is 0.469 e. The van der Waals surface area contributed by atoms with Crippen LogP contribution in [0.1, 0.15) is 11.7 Å². The number of hydrogen-bond donors (Lipinski definition) is 1. The summed E-state index contributed by atoms with van der Waals surface area (Å²) in [6, 6.07) is 3.76. The lowest BCUT2D eigenvalue weighted by atomic mass is 10.2. The number of H-pyrrole nitrogens is 1. The Kier molecular flexibility index (Phi) is 2.41. The molecule has 0 aliphatic carbocycles. The van der Waals surface area contributed by atoms with Gasteiger partial charge in [0.2, 0.25) is 11.7 Å². The zero-order valence-electron chi connectivity index (χ0n) is 8.83. The van der Waals surface area contributed by atoms with Crippen molar-refractivity contribution in [2.24, 2.45) is 0 Å². The minimum absolute atomic E-state index is 0.414. The van der Waals surface area contributed by atoms with Crippen molar-refractivity contribution in [1.82, 2.24) is 25.3 Å². The maximum Gasteiger partial charge on any atom is 0.239 e. The molecular formula is C10H9N5O2. The van der Waals surface area contributed by atoms with E-state index in [1.807, 2.05) is 12.1 Å². The van der Waals surface area contributed by atoms with Crippen LogP contribution < -0.4 is 0 Å². The van der Waals surface area contributed by atoms with Crippen molar-refractivity contribution < 1.29 is 8.94 Å². The van der Waals surface area contributed by atoms with Crippen molar-refractivity contribution in [3.63, 3.8) is 0 Å². The minimum Gasteiger partial charge on any atom is -0.469 e. The highest BCUT2D eigenvalue weighted by Gasteiger charge is 2.11. The molecule has 17 heavy (non-hydrogen) atoms. The van der Waals surface area contributed by atoms with E-state index in [0.29, 0.717) is 24.0 Å². The van der Waals surface area contributed by atoms with E-state index in [2.05, 4.69) is 25.3 Å². The summed E-state index contributed by atoms with van der Waals surface area (Å²) >= 11 is 0. The van der Waals surface area contributed by atoms with Crippen LogP contribution in [0.4, 0.5) is 0 Å². The maximum atomic E-state index is 5.22. The lowest BCUT2D eigenvalue weighted by Crippen LogP contribution is -1.90. The Bertz CT molecular complexity index is 570. The fraction of sp³-hybridized carbons (Fsp3) is 0.200. The Morgan fingerprint density at radius 1 is 1.29 bits per heavy atom. The number of aromatic amines is 1. The molecule has 1 N–H and O–H groups in total. The molecule has 0 saturated carbocycles. The number of aryl methyl sites for hydroxylation is 2. The van der Waals surface area contributed by atoms with Gasteiger partial charge in [0, 0.05) is 12.8 Å². The molecule has 3 aromatic heterocycles. The van der Waals surface area contributed by atoms with Crippen LogP contribution in [0, 0.1) is 0 Å². The lowest BCUT2D eigenvalue weighted by Gasteiger charge is -1.90. The highest BCUT2D eigenvalue weighted by molar-refractivity contribution is 5.39. The van der Waals surface area contributed by atoms with Crippen molar-refractivity contribution in [1.29, 1.82) is 0 Å². The van der Waals surface area contributed by atoms with Crippen molar-refractivity contribution in [2.75, 3.05) is 0 Å². The van der Waals surface area contributed by atoms with Crippen LogP contribution in [0.5, 0.6) is 0 Å². The SMILES string of the molecule is c1coc(CCc2nc(-c3ncn[nH]3)no2)c1. The highest BCUT2D eigenvalue weighted by Crippen LogP contribution is 2.11. The van der Waals surface area contributed by atoms with Gasteiger partial charge in [-0.25, -0.2) is 4.98 Å². The molecule has 0 saturated heterocycles. The van der Waals surface area contributed by atoms with Gasteiger partial charge in [-0.3, -0.25) is 5.10 Å². The normalized spacial score (nSPS) is 10.8. The molecule has 3 aromatic rings. The van der Waals surface area contributed by atoms with E-state index in [1.54, 1.807) is 6.26 Å².